The first-order chi connectivity index (χ1) is 20.9. The largest absolute Gasteiger partial charge is 0.295 e. The van der Waals surface area contributed by atoms with Crippen molar-refractivity contribution >= 4 is 23.0 Å². The maximum atomic E-state index is 12.4. The number of carbonyl (C=O) groups is 2. The van der Waals surface area contributed by atoms with E-state index in [4.69, 9.17) is 10.2 Å². The molecule has 6 saturated carbocycles. The van der Waals surface area contributed by atoms with Gasteiger partial charge in [0.1, 0.15) is 0 Å². The van der Waals surface area contributed by atoms with Crippen LogP contribution in [0.2, 0.25) is 0 Å². The predicted molar refractivity (Wildman–Crippen MR) is 177 cm³/mol. The van der Waals surface area contributed by atoms with E-state index in [1.165, 1.54) is 73.9 Å². The third-order valence-electron chi connectivity index (χ3n) is 16.8. The number of carbonyl (C=O) groups excluding carboxylic acids is 2. The zero-order valence-electron chi connectivity index (χ0n) is 28.4. The minimum absolute atomic E-state index is 0.183. The summed E-state index contributed by atoms with van der Waals surface area (Å²) in [6.45, 7) is 14.8. The van der Waals surface area contributed by atoms with E-state index in [-0.39, 0.29) is 21.7 Å². The van der Waals surface area contributed by atoms with Gasteiger partial charge in [-0.2, -0.15) is 10.2 Å². The zero-order valence-corrected chi connectivity index (χ0v) is 28.4. The van der Waals surface area contributed by atoms with Crippen LogP contribution >= 0.6 is 0 Å². The molecule has 8 rings (SSSR count). The van der Waals surface area contributed by atoms with Crippen molar-refractivity contribution in [1.29, 1.82) is 0 Å². The molecule has 4 heteroatoms. The molecule has 0 heterocycles. The van der Waals surface area contributed by atoms with Gasteiger partial charge in [0.15, 0.2) is 11.6 Å². The number of ketones is 2. The molecule has 0 aliphatic heterocycles. The van der Waals surface area contributed by atoms with Crippen LogP contribution in [-0.4, -0.2) is 23.0 Å². The van der Waals surface area contributed by atoms with Gasteiger partial charge in [0.25, 0.3) is 0 Å². The molecule has 4 nitrogen and oxygen atoms in total. The maximum absolute atomic E-state index is 12.4. The minimum atomic E-state index is 0.183. The molecule has 0 unspecified atom stereocenters. The van der Waals surface area contributed by atoms with Crippen LogP contribution < -0.4 is 0 Å². The van der Waals surface area contributed by atoms with E-state index in [1.807, 2.05) is 12.2 Å². The number of rotatable bonds is 1. The molecule has 0 radical (unpaired) electrons. The van der Waals surface area contributed by atoms with Crippen LogP contribution in [0.1, 0.15) is 131 Å². The van der Waals surface area contributed by atoms with Gasteiger partial charge in [0.2, 0.25) is 0 Å². The molecule has 44 heavy (non-hydrogen) atoms. The van der Waals surface area contributed by atoms with E-state index in [0.717, 1.165) is 50.4 Å². The number of hydrogen-bond donors (Lipinski definition) is 0. The zero-order chi connectivity index (χ0) is 30.8. The van der Waals surface area contributed by atoms with Gasteiger partial charge in [-0.25, -0.2) is 0 Å². The molecule has 8 aliphatic rings. The summed E-state index contributed by atoms with van der Waals surface area (Å²) in [5, 5.41) is 10.5. The van der Waals surface area contributed by atoms with Crippen molar-refractivity contribution in [2.75, 3.05) is 0 Å². The maximum Gasteiger partial charge on any atom is 0.155 e. The first-order valence-corrected chi connectivity index (χ1v) is 18.5. The monoisotopic (exact) mass is 596 g/mol. The molecule has 0 saturated heterocycles. The highest BCUT2D eigenvalue weighted by molar-refractivity contribution is 5.96. The van der Waals surface area contributed by atoms with Crippen LogP contribution in [0, 0.1) is 69.0 Å². The molecule has 0 amide bonds. The number of nitrogens with zero attached hydrogens (tertiary/aromatic N) is 2. The lowest BCUT2D eigenvalue weighted by atomic mass is 9.45. The fourth-order valence-electron chi connectivity index (χ4n) is 13.9. The lowest BCUT2D eigenvalue weighted by Gasteiger charge is -2.59. The molecule has 6 fully saturated rings. The van der Waals surface area contributed by atoms with Crippen LogP contribution in [-0.2, 0) is 9.59 Å². The van der Waals surface area contributed by atoms with E-state index >= 15 is 0 Å². The first kappa shape index (κ1) is 29.6. The van der Waals surface area contributed by atoms with Crippen molar-refractivity contribution in [3.63, 3.8) is 0 Å². The van der Waals surface area contributed by atoms with Gasteiger partial charge in [-0.05, 0) is 147 Å². The second kappa shape index (κ2) is 9.83. The Kier molecular flexibility index (Phi) is 6.61. The summed E-state index contributed by atoms with van der Waals surface area (Å²) >= 11 is 0. The second-order valence-corrected chi connectivity index (χ2v) is 18.0. The van der Waals surface area contributed by atoms with Gasteiger partial charge in [-0.3, -0.25) is 9.59 Å². The Morgan fingerprint density at radius 3 is 1.39 bits per heavy atom. The Morgan fingerprint density at radius 1 is 0.568 bits per heavy atom. The van der Waals surface area contributed by atoms with Crippen LogP contribution in [0.5, 0.6) is 0 Å². The van der Waals surface area contributed by atoms with Crippen LogP contribution in [0.4, 0.5) is 0 Å². The quantitative estimate of drug-likeness (QED) is 0.283. The van der Waals surface area contributed by atoms with E-state index in [2.05, 4.69) is 41.5 Å². The SMILES string of the molecule is C[C@@H]1CC(=O)C=C2CC[C@@H]3[C@@H](CC[C@]4(C)C(=NN=C5CC[C@@H]6[C@H]7CCC8=CC(=O)C[C@H](C)[C@]8(C)[C@@H]7CC[C@]56C)CC[C@H]34)[C@@]21C. The highest BCUT2D eigenvalue weighted by atomic mass is 16.1. The molecular formula is C40H56N2O2. The summed E-state index contributed by atoms with van der Waals surface area (Å²) in [6, 6.07) is 0. The molecule has 0 spiro atoms. The van der Waals surface area contributed by atoms with Crippen molar-refractivity contribution < 1.29 is 9.59 Å². The van der Waals surface area contributed by atoms with Crippen molar-refractivity contribution in [2.45, 2.75) is 131 Å². The molecule has 238 valence electrons. The Labute approximate surface area is 266 Å². The van der Waals surface area contributed by atoms with Gasteiger partial charge >= 0.3 is 0 Å². The molecule has 0 N–H and O–H groups in total. The topological polar surface area (TPSA) is 58.9 Å². The highest BCUT2D eigenvalue weighted by Crippen LogP contribution is 2.67. The Morgan fingerprint density at radius 2 is 0.977 bits per heavy atom. The number of allylic oxidation sites excluding steroid dienone is 2. The van der Waals surface area contributed by atoms with Gasteiger partial charge in [0.05, 0.1) is 0 Å². The highest BCUT2D eigenvalue weighted by Gasteiger charge is 2.61. The molecular weight excluding hydrogens is 540 g/mol. The van der Waals surface area contributed by atoms with Gasteiger partial charge in [-0.1, -0.05) is 52.7 Å². The Hall–Kier alpha value is -1.84. The summed E-state index contributed by atoms with van der Waals surface area (Å²) in [5.41, 5.74) is 6.49. The summed E-state index contributed by atoms with van der Waals surface area (Å²) in [6.07, 6.45) is 20.0. The van der Waals surface area contributed by atoms with Crippen LogP contribution in [0.3, 0.4) is 0 Å². The van der Waals surface area contributed by atoms with Crippen molar-refractivity contribution in [1.82, 2.24) is 0 Å². The normalized spacial score (nSPS) is 53.2. The summed E-state index contributed by atoms with van der Waals surface area (Å²) in [5.74, 6) is 5.95. The second-order valence-electron chi connectivity index (χ2n) is 18.0. The van der Waals surface area contributed by atoms with Crippen LogP contribution in [0.25, 0.3) is 0 Å². The van der Waals surface area contributed by atoms with E-state index in [1.54, 1.807) is 0 Å². The molecule has 0 bridgehead atoms. The fraction of sp³-hybridized carbons (Fsp3) is 0.800. The minimum Gasteiger partial charge on any atom is -0.295 e. The van der Waals surface area contributed by atoms with E-state index in [0.29, 0.717) is 47.1 Å². The standard InChI is InChI=1S/C40H56N2O2/c1-23-19-27(43)21-25-7-9-29-31-11-13-35(37(31,3)17-15-33(29)39(23,25)5)41-42-36-14-12-32-30-10-8-26-22-28(44)20-24(2)40(26,6)34(30)16-18-38(32,36)4/h21-24,29-34H,7-20H2,1-6H3/t23-,24+,29+,30-,31-,32-,33-,34-,37+,38+,39-,40+/m1/s1. The van der Waals surface area contributed by atoms with Crippen molar-refractivity contribution in [3.05, 3.63) is 23.3 Å². The van der Waals surface area contributed by atoms with E-state index < -0.39 is 0 Å². The average Bonchev–Trinajstić information content (AvgIpc) is 3.49. The van der Waals surface area contributed by atoms with E-state index in [9.17, 15) is 9.59 Å². The summed E-state index contributed by atoms with van der Waals surface area (Å²) < 4.78 is 0. The summed E-state index contributed by atoms with van der Waals surface area (Å²) in [4.78, 5) is 24.9. The Bertz CT molecular complexity index is 1310. The molecule has 8 aliphatic carbocycles. The van der Waals surface area contributed by atoms with Gasteiger partial charge < -0.3 is 0 Å². The molecule has 0 aromatic rings. The van der Waals surface area contributed by atoms with Gasteiger partial charge in [0, 0.05) is 35.1 Å². The third-order valence-corrected chi connectivity index (χ3v) is 16.8. The van der Waals surface area contributed by atoms with Crippen LogP contribution in [0.15, 0.2) is 33.5 Å². The molecule has 0 aromatic heterocycles. The molecule has 0 aromatic carbocycles. The average molecular weight is 597 g/mol. The van der Waals surface area contributed by atoms with Gasteiger partial charge in [-0.15, -0.1) is 0 Å². The summed E-state index contributed by atoms with van der Waals surface area (Å²) in [7, 11) is 0. The number of hydrogen-bond acceptors (Lipinski definition) is 4. The predicted octanol–water partition coefficient (Wildman–Crippen LogP) is 9.34. The fourth-order valence-corrected chi connectivity index (χ4v) is 13.9. The lowest BCUT2D eigenvalue weighted by Crippen LogP contribution is -2.53. The third kappa shape index (κ3) is 3.81. The number of fused-ring (bicyclic) bond motifs is 10. The smallest absolute Gasteiger partial charge is 0.155 e. The lowest BCUT2D eigenvalue weighted by molar-refractivity contribution is -0.120. The van der Waals surface area contributed by atoms with Crippen molar-refractivity contribution in [3.8, 4) is 0 Å². The first-order valence-electron chi connectivity index (χ1n) is 18.5. The molecule has 12 atom stereocenters. The van der Waals surface area contributed by atoms with Crippen molar-refractivity contribution in [2.24, 2.45) is 79.2 Å². The Balaban J connectivity index is 1.03.